The van der Waals surface area contributed by atoms with E-state index < -0.39 is 18.5 Å². The van der Waals surface area contributed by atoms with Crippen molar-refractivity contribution in [1.82, 2.24) is 0 Å². The lowest BCUT2D eigenvalue weighted by Gasteiger charge is -2.08. The SMILES string of the molecule is CC(=O)Nc1cccc(NC(=O)COC(=O)/C(C#N)=C/c2ccc(C)cc2)c1. The number of nitriles is 1. The van der Waals surface area contributed by atoms with E-state index >= 15 is 0 Å². The number of aryl methyl sites for hydroxylation is 1. The van der Waals surface area contributed by atoms with Crippen LogP contribution in [-0.4, -0.2) is 24.4 Å². The Labute approximate surface area is 162 Å². The summed E-state index contributed by atoms with van der Waals surface area (Å²) in [5.74, 6) is -1.69. The Morgan fingerprint density at radius 2 is 1.71 bits per heavy atom. The molecule has 0 bridgehead atoms. The monoisotopic (exact) mass is 377 g/mol. The highest BCUT2D eigenvalue weighted by Crippen LogP contribution is 2.15. The maximum atomic E-state index is 12.0. The van der Waals surface area contributed by atoms with Gasteiger partial charge in [0.2, 0.25) is 5.91 Å². The molecule has 0 radical (unpaired) electrons. The molecule has 2 aromatic carbocycles. The summed E-state index contributed by atoms with van der Waals surface area (Å²) >= 11 is 0. The Bertz CT molecular complexity index is 956. The number of nitrogens with one attached hydrogen (secondary N) is 2. The molecule has 0 aliphatic carbocycles. The molecule has 0 spiro atoms. The molecule has 2 amide bonds. The third-order valence-electron chi connectivity index (χ3n) is 3.53. The van der Waals surface area contributed by atoms with Crippen LogP contribution in [0, 0.1) is 18.3 Å². The maximum absolute atomic E-state index is 12.0. The second-order valence-electron chi connectivity index (χ2n) is 5.97. The molecular weight excluding hydrogens is 358 g/mol. The summed E-state index contributed by atoms with van der Waals surface area (Å²) < 4.78 is 4.91. The van der Waals surface area contributed by atoms with Gasteiger partial charge in [0.1, 0.15) is 11.6 Å². The maximum Gasteiger partial charge on any atom is 0.349 e. The number of ether oxygens (including phenoxy) is 1. The number of esters is 1. The minimum atomic E-state index is -0.884. The van der Waals surface area contributed by atoms with Crippen molar-refractivity contribution in [3.63, 3.8) is 0 Å². The number of anilines is 2. The summed E-state index contributed by atoms with van der Waals surface area (Å²) in [6, 6.07) is 15.6. The predicted molar refractivity (Wildman–Crippen MR) is 105 cm³/mol. The van der Waals surface area contributed by atoms with Gasteiger partial charge in [-0.05, 0) is 36.8 Å². The van der Waals surface area contributed by atoms with Gasteiger partial charge in [0.15, 0.2) is 6.61 Å². The summed E-state index contributed by atoms with van der Waals surface area (Å²) in [4.78, 5) is 35.1. The highest BCUT2D eigenvalue weighted by molar-refractivity contribution is 6.00. The molecule has 0 aliphatic rings. The Morgan fingerprint density at radius 3 is 2.32 bits per heavy atom. The average molecular weight is 377 g/mol. The van der Waals surface area contributed by atoms with Crippen LogP contribution in [0.1, 0.15) is 18.1 Å². The zero-order chi connectivity index (χ0) is 20.5. The Hall–Kier alpha value is -3.92. The van der Waals surface area contributed by atoms with Crippen molar-refractivity contribution in [1.29, 1.82) is 5.26 Å². The molecule has 0 unspecified atom stereocenters. The minimum Gasteiger partial charge on any atom is -0.451 e. The quantitative estimate of drug-likeness (QED) is 0.457. The summed E-state index contributed by atoms with van der Waals surface area (Å²) in [5, 5.41) is 14.3. The van der Waals surface area contributed by atoms with E-state index in [-0.39, 0.29) is 11.5 Å². The molecule has 2 aromatic rings. The van der Waals surface area contributed by atoms with Gasteiger partial charge in [-0.2, -0.15) is 5.26 Å². The molecule has 0 saturated carbocycles. The largest absolute Gasteiger partial charge is 0.451 e. The molecule has 2 rings (SSSR count). The molecule has 0 heterocycles. The summed E-state index contributed by atoms with van der Waals surface area (Å²) in [5.41, 5.74) is 2.48. The number of rotatable bonds is 6. The van der Waals surface area contributed by atoms with Crippen LogP contribution in [0.3, 0.4) is 0 Å². The van der Waals surface area contributed by atoms with Crippen LogP contribution >= 0.6 is 0 Å². The first-order chi connectivity index (χ1) is 13.4. The van der Waals surface area contributed by atoms with Crippen molar-refractivity contribution < 1.29 is 19.1 Å². The van der Waals surface area contributed by atoms with Crippen LogP contribution in [0.15, 0.2) is 54.1 Å². The number of hydrogen-bond acceptors (Lipinski definition) is 5. The molecule has 28 heavy (non-hydrogen) atoms. The second kappa shape index (κ2) is 9.69. The fraction of sp³-hybridized carbons (Fsp3) is 0.143. The van der Waals surface area contributed by atoms with Crippen molar-refractivity contribution in [2.75, 3.05) is 17.2 Å². The molecule has 0 aromatic heterocycles. The van der Waals surface area contributed by atoms with Crippen molar-refractivity contribution in [3.05, 3.63) is 65.2 Å². The van der Waals surface area contributed by atoms with Crippen LogP contribution in [0.2, 0.25) is 0 Å². The normalized spacial score (nSPS) is 10.5. The van der Waals surface area contributed by atoms with Crippen LogP contribution in [0.25, 0.3) is 6.08 Å². The molecular formula is C21H19N3O4. The Balaban J connectivity index is 1.94. The molecule has 142 valence electrons. The van der Waals surface area contributed by atoms with Gasteiger partial charge in [0.05, 0.1) is 0 Å². The number of benzene rings is 2. The van der Waals surface area contributed by atoms with Gasteiger partial charge in [-0.1, -0.05) is 35.9 Å². The Kier molecular flexibility index (Phi) is 7.06. The molecule has 0 aliphatic heterocycles. The van der Waals surface area contributed by atoms with E-state index in [9.17, 15) is 14.4 Å². The summed E-state index contributed by atoms with van der Waals surface area (Å²) in [7, 11) is 0. The Morgan fingerprint density at radius 1 is 1.07 bits per heavy atom. The van der Waals surface area contributed by atoms with E-state index in [1.807, 2.05) is 19.1 Å². The average Bonchev–Trinajstić information content (AvgIpc) is 2.65. The van der Waals surface area contributed by atoms with Crippen LogP contribution in [-0.2, 0) is 19.1 Å². The van der Waals surface area contributed by atoms with E-state index in [1.54, 1.807) is 42.5 Å². The zero-order valence-electron chi connectivity index (χ0n) is 15.5. The minimum absolute atomic E-state index is 0.204. The first-order valence-electron chi connectivity index (χ1n) is 8.40. The zero-order valence-corrected chi connectivity index (χ0v) is 15.5. The van der Waals surface area contributed by atoms with Crippen LogP contribution < -0.4 is 10.6 Å². The fourth-order valence-electron chi connectivity index (χ4n) is 2.25. The standard InChI is InChI=1S/C21H19N3O4/c1-14-6-8-16(9-7-14)10-17(12-22)21(27)28-13-20(26)24-19-5-3-4-18(11-19)23-15(2)25/h3-11H,13H2,1-2H3,(H,23,25)(H,24,26)/b17-10+. The van der Waals surface area contributed by atoms with Crippen LogP contribution in [0.4, 0.5) is 11.4 Å². The van der Waals surface area contributed by atoms with Crippen molar-refractivity contribution in [2.24, 2.45) is 0 Å². The highest BCUT2D eigenvalue weighted by Gasteiger charge is 2.13. The molecule has 0 saturated heterocycles. The summed E-state index contributed by atoms with van der Waals surface area (Å²) in [6.45, 7) is 2.76. The van der Waals surface area contributed by atoms with E-state index in [2.05, 4.69) is 10.6 Å². The number of carbonyl (C=O) groups excluding carboxylic acids is 3. The smallest absolute Gasteiger partial charge is 0.349 e. The lowest BCUT2D eigenvalue weighted by Crippen LogP contribution is -2.21. The molecule has 2 N–H and O–H groups in total. The van der Waals surface area contributed by atoms with Gasteiger partial charge >= 0.3 is 5.97 Å². The third-order valence-corrected chi connectivity index (χ3v) is 3.53. The second-order valence-corrected chi connectivity index (χ2v) is 5.97. The molecule has 0 fully saturated rings. The molecule has 7 nitrogen and oxygen atoms in total. The van der Waals surface area contributed by atoms with Crippen LogP contribution in [0.5, 0.6) is 0 Å². The van der Waals surface area contributed by atoms with Gasteiger partial charge in [-0.25, -0.2) is 4.79 Å². The first kappa shape index (κ1) is 20.4. The molecule has 0 atom stereocenters. The topological polar surface area (TPSA) is 108 Å². The van der Waals surface area contributed by atoms with E-state index in [0.29, 0.717) is 16.9 Å². The number of carbonyl (C=O) groups is 3. The van der Waals surface area contributed by atoms with Gasteiger partial charge in [-0.3, -0.25) is 9.59 Å². The van der Waals surface area contributed by atoms with E-state index in [0.717, 1.165) is 5.56 Å². The summed E-state index contributed by atoms with van der Waals surface area (Å²) in [6.07, 6.45) is 1.40. The fourth-order valence-corrected chi connectivity index (χ4v) is 2.25. The van der Waals surface area contributed by atoms with E-state index in [1.165, 1.54) is 13.0 Å². The van der Waals surface area contributed by atoms with Gasteiger partial charge in [-0.15, -0.1) is 0 Å². The number of hydrogen-bond donors (Lipinski definition) is 2. The van der Waals surface area contributed by atoms with Gasteiger partial charge in [0.25, 0.3) is 5.91 Å². The highest BCUT2D eigenvalue weighted by atomic mass is 16.5. The van der Waals surface area contributed by atoms with Crippen molar-refractivity contribution >= 4 is 35.2 Å². The lowest BCUT2D eigenvalue weighted by atomic mass is 10.1. The van der Waals surface area contributed by atoms with E-state index in [4.69, 9.17) is 10.00 Å². The lowest BCUT2D eigenvalue weighted by molar-refractivity contribution is -0.142. The predicted octanol–water partition coefficient (Wildman–Crippen LogP) is 3.04. The van der Waals surface area contributed by atoms with Crippen molar-refractivity contribution in [3.8, 4) is 6.07 Å². The van der Waals surface area contributed by atoms with Crippen molar-refractivity contribution in [2.45, 2.75) is 13.8 Å². The third kappa shape index (κ3) is 6.42. The number of nitrogens with zero attached hydrogens (tertiary/aromatic N) is 1. The molecule has 7 heteroatoms. The number of amides is 2. The first-order valence-corrected chi connectivity index (χ1v) is 8.40. The van der Waals surface area contributed by atoms with Gasteiger partial charge < -0.3 is 15.4 Å². The van der Waals surface area contributed by atoms with Gasteiger partial charge in [0, 0.05) is 18.3 Å².